The van der Waals surface area contributed by atoms with Gasteiger partial charge >= 0.3 is 5.97 Å². The molecule has 1 saturated carbocycles. The Morgan fingerprint density at radius 2 is 2.20 bits per heavy atom. The van der Waals surface area contributed by atoms with Crippen LogP contribution in [-0.4, -0.2) is 39.6 Å². The second-order valence-corrected chi connectivity index (χ2v) is 6.93. The van der Waals surface area contributed by atoms with Gasteiger partial charge in [-0.2, -0.15) is 0 Å². The van der Waals surface area contributed by atoms with Crippen LogP contribution in [0.2, 0.25) is 0 Å². The van der Waals surface area contributed by atoms with Gasteiger partial charge in [-0.3, -0.25) is 4.79 Å². The molecule has 5 heteroatoms. The lowest BCUT2D eigenvalue weighted by Crippen LogP contribution is -2.17. The number of aliphatic carboxylic acids is 1. The van der Waals surface area contributed by atoms with Crippen LogP contribution in [0, 0.1) is 11.8 Å². The summed E-state index contributed by atoms with van der Waals surface area (Å²) in [5.74, 6) is 0.371. The average Bonchev–Trinajstić information content (AvgIpc) is 3.06. The minimum absolute atomic E-state index is 0.000255. The zero-order chi connectivity index (χ0) is 18.2. The molecule has 3 N–H and O–H groups in total. The molecule has 1 heterocycles. The Kier molecular flexibility index (Phi) is 7.72. The molecule has 0 bridgehead atoms. The lowest BCUT2D eigenvalue weighted by molar-refractivity contribution is -0.137. The Balaban J connectivity index is 1.86. The molecule has 0 aromatic heterocycles. The Hall–Kier alpha value is -1.59. The fourth-order valence-corrected chi connectivity index (χ4v) is 3.64. The molecule has 0 amide bonds. The van der Waals surface area contributed by atoms with Crippen molar-refractivity contribution in [2.24, 2.45) is 11.8 Å². The zero-order valence-electron chi connectivity index (χ0n) is 14.9. The lowest BCUT2D eigenvalue weighted by Gasteiger charge is -2.15. The number of aliphatic hydroxyl groups is 2. The molecule has 0 radical (unpaired) electrons. The van der Waals surface area contributed by atoms with Crippen molar-refractivity contribution in [3.63, 3.8) is 0 Å². The molecule has 2 fully saturated rings. The maximum Gasteiger partial charge on any atom is 0.303 e. The van der Waals surface area contributed by atoms with Crippen LogP contribution in [0.25, 0.3) is 0 Å². The SMILES string of the molecule is CC/C=C/C[C@H](O)/C=C/[C@@H]1[C@H]2C/C(=C/CCCC(=O)O)O[C@H]2C[C@H]1O. The van der Waals surface area contributed by atoms with Crippen LogP contribution in [0.15, 0.2) is 36.1 Å². The van der Waals surface area contributed by atoms with Gasteiger partial charge in [0.2, 0.25) is 0 Å². The Morgan fingerprint density at radius 3 is 2.92 bits per heavy atom. The molecule has 0 spiro atoms. The van der Waals surface area contributed by atoms with Gasteiger partial charge in [-0.25, -0.2) is 0 Å². The number of ether oxygens (including phenoxy) is 1. The van der Waals surface area contributed by atoms with Crippen molar-refractivity contribution in [1.29, 1.82) is 0 Å². The van der Waals surface area contributed by atoms with Crippen molar-refractivity contribution in [2.75, 3.05) is 0 Å². The number of rotatable bonds is 9. The summed E-state index contributed by atoms with van der Waals surface area (Å²) in [7, 11) is 0. The Bertz CT molecular complexity index is 522. The van der Waals surface area contributed by atoms with E-state index in [0.717, 1.165) is 18.6 Å². The van der Waals surface area contributed by atoms with E-state index in [2.05, 4.69) is 6.92 Å². The molecule has 2 aliphatic rings. The number of aliphatic hydroxyl groups excluding tert-OH is 2. The molecule has 140 valence electrons. The fraction of sp³-hybridized carbons (Fsp3) is 0.650. The molecular weight excluding hydrogens is 320 g/mol. The smallest absolute Gasteiger partial charge is 0.303 e. The first kappa shape index (κ1) is 19.7. The first-order valence-electron chi connectivity index (χ1n) is 9.28. The number of carboxylic acids is 1. The van der Waals surface area contributed by atoms with E-state index in [1.165, 1.54) is 0 Å². The molecule has 0 unspecified atom stereocenters. The van der Waals surface area contributed by atoms with E-state index < -0.39 is 18.2 Å². The third kappa shape index (κ3) is 6.01. The van der Waals surface area contributed by atoms with E-state index in [4.69, 9.17) is 9.84 Å². The summed E-state index contributed by atoms with van der Waals surface area (Å²) in [5.41, 5.74) is 0. The summed E-state index contributed by atoms with van der Waals surface area (Å²) in [6, 6.07) is 0. The van der Waals surface area contributed by atoms with Crippen molar-refractivity contribution >= 4 is 5.97 Å². The van der Waals surface area contributed by atoms with Crippen LogP contribution in [-0.2, 0) is 9.53 Å². The largest absolute Gasteiger partial charge is 0.495 e. The van der Waals surface area contributed by atoms with E-state index >= 15 is 0 Å². The zero-order valence-corrected chi connectivity index (χ0v) is 14.9. The predicted molar refractivity (Wildman–Crippen MR) is 95.9 cm³/mol. The number of carboxylic acid groups (broad SMARTS) is 1. The highest BCUT2D eigenvalue weighted by atomic mass is 16.5. The van der Waals surface area contributed by atoms with Gasteiger partial charge in [-0.05, 0) is 31.8 Å². The molecule has 0 aromatic carbocycles. The van der Waals surface area contributed by atoms with Crippen LogP contribution in [0.5, 0.6) is 0 Å². The topological polar surface area (TPSA) is 87.0 Å². The van der Waals surface area contributed by atoms with Gasteiger partial charge in [-0.15, -0.1) is 0 Å². The minimum atomic E-state index is -0.775. The van der Waals surface area contributed by atoms with Gasteiger partial charge in [0.1, 0.15) is 6.10 Å². The van der Waals surface area contributed by atoms with Gasteiger partial charge < -0.3 is 20.1 Å². The third-order valence-corrected chi connectivity index (χ3v) is 4.93. The monoisotopic (exact) mass is 350 g/mol. The van der Waals surface area contributed by atoms with E-state index in [0.29, 0.717) is 25.7 Å². The van der Waals surface area contributed by atoms with Crippen molar-refractivity contribution < 1.29 is 24.9 Å². The molecule has 25 heavy (non-hydrogen) atoms. The van der Waals surface area contributed by atoms with E-state index in [1.54, 1.807) is 6.08 Å². The van der Waals surface area contributed by atoms with Crippen molar-refractivity contribution in [3.8, 4) is 0 Å². The third-order valence-electron chi connectivity index (χ3n) is 4.93. The van der Waals surface area contributed by atoms with Crippen molar-refractivity contribution in [3.05, 3.63) is 36.1 Å². The molecule has 5 nitrogen and oxygen atoms in total. The summed E-state index contributed by atoms with van der Waals surface area (Å²) >= 11 is 0. The number of allylic oxidation sites excluding steroid dienone is 3. The van der Waals surface area contributed by atoms with E-state index in [9.17, 15) is 15.0 Å². The average molecular weight is 350 g/mol. The van der Waals surface area contributed by atoms with Crippen LogP contribution >= 0.6 is 0 Å². The molecule has 1 aliphatic carbocycles. The highest BCUT2D eigenvalue weighted by Gasteiger charge is 2.46. The first-order chi connectivity index (χ1) is 12.0. The summed E-state index contributed by atoms with van der Waals surface area (Å²) in [4.78, 5) is 10.5. The van der Waals surface area contributed by atoms with Crippen LogP contribution < -0.4 is 0 Å². The standard InChI is InChI=1S/C20H30O5/c1-2-3-4-7-14(21)10-11-16-17-12-15(8-5-6-9-20(23)24)25-19(17)13-18(16)22/h3-4,8,10-11,14,16-19,21-22H,2,5-7,9,12-13H2,1H3,(H,23,24)/b4-3+,11-10+,15-8-/t14-,16+,17+,18+,19-/m0/s1. The minimum Gasteiger partial charge on any atom is -0.495 e. The predicted octanol–water partition coefficient (Wildman–Crippen LogP) is 3.18. The van der Waals surface area contributed by atoms with Crippen LogP contribution in [0.1, 0.15) is 51.9 Å². The van der Waals surface area contributed by atoms with Crippen molar-refractivity contribution in [2.45, 2.75) is 70.2 Å². The summed E-state index contributed by atoms with van der Waals surface area (Å²) in [6.07, 6.45) is 13.2. The summed E-state index contributed by atoms with van der Waals surface area (Å²) in [6.45, 7) is 2.06. The Labute approximate surface area is 149 Å². The molecule has 0 aromatic rings. The molecule has 2 rings (SSSR count). The molecule has 1 saturated heterocycles. The number of hydrogen-bond acceptors (Lipinski definition) is 4. The summed E-state index contributed by atoms with van der Waals surface area (Å²) < 4.78 is 5.93. The second-order valence-electron chi connectivity index (χ2n) is 6.93. The molecular formula is C20H30O5. The van der Waals surface area contributed by atoms with Gasteiger partial charge in [0, 0.05) is 31.1 Å². The van der Waals surface area contributed by atoms with Crippen molar-refractivity contribution in [1.82, 2.24) is 0 Å². The van der Waals surface area contributed by atoms with Gasteiger partial charge in [0.15, 0.2) is 0 Å². The quantitative estimate of drug-likeness (QED) is 0.439. The number of hydrogen-bond donors (Lipinski definition) is 3. The molecule has 1 aliphatic heterocycles. The first-order valence-corrected chi connectivity index (χ1v) is 9.28. The van der Waals surface area contributed by atoms with E-state index in [-0.39, 0.29) is 24.4 Å². The van der Waals surface area contributed by atoms with Crippen LogP contribution in [0.4, 0.5) is 0 Å². The Morgan fingerprint density at radius 1 is 1.40 bits per heavy atom. The van der Waals surface area contributed by atoms with Gasteiger partial charge in [-0.1, -0.05) is 31.2 Å². The summed E-state index contributed by atoms with van der Waals surface area (Å²) in [5, 5.41) is 28.9. The highest BCUT2D eigenvalue weighted by molar-refractivity contribution is 5.66. The second kappa shape index (κ2) is 9.78. The maximum absolute atomic E-state index is 10.5. The van der Waals surface area contributed by atoms with Gasteiger partial charge in [0.25, 0.3) is 0 Å². The molecule has 5 atom stereocenters. The number of carbonyl (C=O) groups is 1. The normalized spacial score (nSPS) is 31.7. The number of unbranched alkanes of at least 4 members (excludes halogenated alkanes) is 1. The number of fused-ring (bicyclic) bond motifs is 1. The fourth-order valence-electron chi connectivity index (χ4n) is 3.64. The maximum atomic E-state index is 10.5. The highest BCUT2D eigenvalue weighted by Crippen LogP contribution is 2.45. The van der Waals surface area contributed by atoms with Gasteiger partial charge in [0.05, 0.1) is 18.0 Å². The lowest BCUT2D eigenvalue weighted by atomic mass is 9.90. The van der Waals surface area contributed by atoms with Crippen LogP contribution in [0.3, 0.4) is 0 Å². The van der Waals surface area contributed by atoms with E-state index in [1.807, 2.05) is 24.3 Å².